The van der Waals surface area contributed by atoms with Crippen molar-refractivity contribution >= 4 is 11.8 Å². The number of hydrogen-bond acceptors (Lipinski definition) is 2. The Morgan fingerprint density at radius 1 is 1.43 bits per heavy atom. The van der Waals surface area contributed by atoms with Crippen LogP contribution in [0.25, 0.3) is 0 Å². The molecule has 0 spiro atoms. The number of rotatable bonds is 3. The maximum absolute atomic E-state index is 9.86. The fourth-order valence-corrected chi connectivity index (χ4v) is 2.38. The van der Waals surface area contributed by atoms with Crippen molar-refractivity contribution in [3.8, 4) is 0 Å². The van der Waals surface area contributed by atoms with Crippen molar-refractivity contribution < 1.29 is 5.11 Å². The van der Waals surface area contributed by atoms with Crippen LogP contribution in [0, 0.1) is 6.92 Å². The summed E-state index contributed by atoms with van der Waals surface area (Å²) >= 11 is 1.77. The van der Waals surface area contributed by atoms with E-state index in [9.17, 15) is 5.11 Å². The third-order valence-corrected chi connectivity index (χ3v) is 3.61. The van der Waals surface area contributed by atoms with Crippen LogP contribution in [0.5, 0.6) is 0 Å². The van der Waals surface area contributed by atoms with Crippen molar-refractivity contribution in [3.63, 3.8) is 0 Å². The van der Waals surface area contributed by atoms with Gasteiger partial charge in [0.2, 0.25) is 0 Å². The minimum Gasteiger partial charge on any atom is -0.390 e. The van der Waals surface area contributed by atoms with E-state index in [0.29, 0.717) is 0 Å². The van der Waals surface area contributed by atoms with Gasteiger partial charge in [-0.15, -0.1) is 11.8 Å². The fourth-order valence-electron chi connectivity index (χ4n) is 1.67. The number of thioether (sulfide) groups is 1. The molecule has 0 saturated heterocycles. The number of aryl methyl sites for hydroxylation is 1. The molecule has 0 aromatic heterocycles. The van der Waals surface area contributed by atoms with Gasteiger partial charge in [0, 0.05) is 11.3 Å². The zero-order valence-electron chi connectivity index (χ0n) is 8.71. The molecule has 0 bridgehead atoms. The summed E-state index contributed by atoms with van der Waals surface area (Å²) in [4.78, 5) is 1.31. The second kappa shape index (κ2) is 3.59. The third kappa shape index (κ3) is 2.12. The quantitative estimate of drug-likeness (QED) is 0.771. The van der Waals surface area contributed by atoms with E-state index in [2.05, 4.69) is 31.4 Å². The molecule has 1 nitrogen and oxygen atoms in total. The first-order valence-corrected chi connectivity index (χ1v) is 6.21. The van der Waals surface area contributed by atoms with Gasteiger partial charge in [0.05, 0.1) is 5.60 Å². The Morgan fingerprint density at radius 2 is 2.14 bits per heavy atom. The highest BCUT2D eigenvalue weighted by molar-refractivity contribution is 7.98. The first kappa shape index (κ1) is 10.1. The van der Waals surface area contributed by atoms with Crippen LogP contribution < -0.4 is 0 Å². The van der Waals surface area contributed by atoms with Crippen molar-refractivity contribution in [2.24, 2.45) is 0 Å². The van der Waals surface area contributed by atoms with Crippen molar-refractivity contribution in [3.05, 3.63) is 29.3 Å². The van der Waals surface area contributed by atoms with Gasteiger partial charge in [-0.1, -0.05) is 17.7 Å². The van der Waals surface area contributed by atoms with E-state index < -0.39 is 0 Å². The molecular weight excluding hydrogens is 192 g/mol. The lowest BCUT2D eigenvalue weighted by atomic mass is 10.1. The van der Waals surface area contributed by atoms with E-state index >= 15 is 0 Å². The molecule has 1 fully saturated rings. The summed E-state index contributed by atoms with van der Waals surface area (Å²) in [5, 5.41) is 9.86. The van der Waals surface area contributed by atoms with Gasteiger partial charge in [0.1, 0.15) is 0 Å². The Morgan fingerprint density at radius 3 is 2.71 bits per heavy atom. The Bertz CT molecular complexity index is 342. The lowest BCUT2D eigenvalue weighted by molar-refractivity contribution is 0.150. The second-order valence-corrected chi connectivity index (χ2v) is 5.06. The largest absolute Gasteiger partial charge is 0.390 e. The van der Waals surface area contributed by atoms with Crippen LogP contribution >= 0.6 is 11.8 Å². The highest BCUT2D eigenvalue weighted by Crippen LogP contribution is 2.39. The topological polar surface area (TPSA) is 20.2 Å². The molecule has 0 unspecified atom stereocenters. The number of hydrogen-bond donors (Lipinski definition) is 1. The van der Waals surface area contributed by atoms with Crippen LogP contribution in [0.15, 0.2) is 23.1 Å². The standard InChI is InChI=1S/C12H16OS/c1-9-3-4-10(11(7-9)14-2)8-12(13)5-6-12/h3-4,7,13H,5-6,8H2,1-2H3. The monoisotopic (exact) mass is 208 g/mol. The molecule has 0 aliphatic heterocycles. The predicted octanol–water partition coefficient (Wildman–Crippen LogP) is 2.78. The summed E-state index contributed by atoms with van der Waals surface area (Å²) in [7, 11) is 0. The zero-order valence-corrected chi connectivity index (χ0v) is 9.53. The van der Waals surface area contributed by atoms with Crippen molar-refractivity contribution in [1.82, 2.24) is 0 Å². The molecular formula is C12H16OS. The van der Waals surface area contributed by atoms with Gasteiger partial charge < -0.3 is 5.11 Å². The van der Waals surface area contributed by atoms with Crippen LogP contribution in [0.1, 0.15) is 24.0 Å². The molecule has 0 amide bonds. The molecule has 0 heterocycles. The van der Waals surface area contributed by atoms with Gasteiger partial charge in [-0.3, -0.25) is 0 Å². The highest BCUT2D eigenvalue weighted by Gasteiger charge is 2.40. The molecule has 1 aliphatic rings. The Labute approximate surface area is 89.5 Å². The summed E-state index contributed by atoms with van der Waals surface area (Å²) in [6.07, 6.45) is 4.85. The molecule has 1 saturated carbocycles. The molecule has 1 aromatic carbocycles. The minimum absolute atomic E-state index is 0.375. The summed E-state index contributed by atoms with van der Waals surface area (Å²) in [5.41, 5.74) is 2.21. The average Bonchev–Trinajstić information content (AvgIpc) is 2.87. The van der Waals surface area contributed by atoms with Crippen LogP contribution in [0.3, 0.4) is 0 Å². The van der Waals surface area contributed by atoms with E-state index in [-0.39, 0.29) is 5.60 Å². The zero-order chi connectivity index (χ0) is 10.2. The van der Waals surface area contributed by atoms with Gasteiger partial charge in [-0.05, 0) is 37.7 Å². The van der Waals surface area contributed by atoms with Gasteiger partial charge in [-0.2, -0.15) is 0 Å². The summed E-state index contributed by atoms with van der Waals surface area (Å²) in [6, 6.07) is 6.48. The van der Waals surface area contributed by atoms with E-state index in [4.69, 9.17) is 0 Å². The maximum atomic E-state index is 9.86. The molecule has 2 heteroatoms. The van der Waals surface area contributed by atoms with E-state index in [1.54, 1.807) is 11.8 Å². The second-order valence-electron chi connectivity index (χ2n) is 4.22. The van der Waals surface area contributed by atoms with Crippen LogP contribution in [0.4, 0.5) is 0 Å². The Kier molecular flexibility index (Phi) is 2.58. The highest BCUT2D eigenvalue weighted by atomic mass is 32.2. The lowest BCUT2D eigenvalue weighted by Crippen LogP contribution is -2.11. The van der Waals surface area contributed by atoms with E-state index in [1.807, 2.05) is 0 Å². The predicted molar refractivity (Wildman–Crippen MR) is 60.8 cm³/mol. The summed E-state index contributed by atoms with van der Waals surface area (Å²) in [5.74, 6) is 0. The molecule has 14 heavy (non-hydrogen) atoms. The lowest BCUT2D eigenvalue weighted by Gasteiger charge is -2.11. The van der Waals surface area contributed by atoms with Gasteiger partial charge in [-0.25, -0.2) is 0 Å². The Hall–Kier alpha value is -0.470. The molecule has 1 N–H and O–H groups in total. The SMILES string of the molecule is CSc1cc(C)ccc1CC1(O)CC1. The van der Waals surface area contributed by atoms with Gasteiger partial charge in [0.25, 0.3) is 0 Å². The van der Waals surface area contributed by atoms with Crippen LogP contribution in [-0.2, 0) is 6.42 Å². The first-order chi connectivity index (χ1) is 6.63. The molecule has 1 aliphatic carbocycles. The Balaban J connectivity index is 2.23. The maximum Gasteiger partial charge on any atom is 0.0690 e. The van der Waals surface area contributed by atoms with E-state index in [1.165, 1.54) is 16.0 Å². The summed E-state index contributed by atoms with van der Waals surface area (Å²) in [6.45, 7) is 2.11. The first-order valence-electron chi connectivity index (χ1n) is 4.99. The molecule has 1 aromatic rings. The van der Waals surface area contributed by atoms with Crippen LogP contribution in [0.2, 0.25) is 0 Å². The number of aliphatic hydroxyl groups is 1. The average molecular weight is 208 g/mol. The summed E-state index contributed by atoms with van der Waals surface area (Å²) < 4.78 is 0. The number of benzene rings is 1. The fraction of sp³-hybridized carbons (Fsp3) is 0.500. The van der Waals surface area contributed by atoms with E-state index in [0.717, 1.165) is 19.3 Å². The molecule has 0 radical (unpaired) electrons. The molecule has 2 rings (SSSR count). The van der Waals surface area contributed by atoms with Crippen molar-refractivity contribution in [1.29, 1.82) is 0 Å². The third-order valence-electron chi connectivity index (χ3n) is 2.79. The van der Waals surface area contributed by atoms with Crippen LogP contribution in [-0.4, -0.2) is 17.0 Å². The normalized spacial score (nSPS) is 18.2. The van der Waals surface area contributed by atoms with Gasteiger partial charge in [0.15, 0.2) is 0 Å². The molecule has 76 valence electrons. The minimum atomic E-state index is -0.375. The van der Waals surface area contributed by atoms with Crippen molar-refractivity contribution in [2.75, 3.05) is 6.26 Å². The van der Waals surface area contributed by atoms with Gasteiger partial charge >= 0.3 is 0 Å². The smallest absolute Gasteiger partial charge is 0.0690 e. The van der Waals surface area contributed by atoms with Crippen molar-refractivity contribution in [2.45, 2.75) is 36.7 Å². The molecule has 0 atom stereocenters.